The van der Waals surface area contributed by atoms with Crippen LogP contribution in [0.5, 0.6) is 5.75 Å². The van der Waals surface area contributed by atoms with Crippen LogP contribution in [-0.2, 0) is 18.4 Å². The van der Waals surface area contributed by atoms with Gasteiger partial charge in [-0.15, -0.1) is 10.2 Å². The van der Waals surface area contributed by atoms with Crippen LogP contribution in [0, 0.1) is 6.92 Å². The maximum Gasteiger partial charge on any atom is 0.234 e. The maximum absolute atomic E-state index is 12.5. The summed E-state index contributed by atoms with van der Waals surface area (Å²) < 4.78 is 7.63. The molecule has 0 saturated heterocycles. The summed E-state index contributed by atoms with van der Waals surface area (Å²) in [6.45, 7) is 2.20. The molecule has 158 valence electrons. The Kier molecular flexibility index (Phi) is 6.44. The topological polar surface area (TPSA) is 69.0 Å². The third kappa shape index (κ3) is 5.00. The molecule has 1 N–H and O–H groups in total. The molecule has 0 saturated carbocycles. The van der Waals surface area contributed by atoms with E-state index in [0.29, 0.717) is 21.8 Å². The molecule has 31 heavy (non-hydrogen) atoms. The minimum Gasteiger partial charge on any atom is -0.486 e. The van der Waals surface area contributed by atoms with Crippen molar-refractivity contribution in [3.63, 3.8) is 0 Å². The lowest BCUT2D eigenvalue weighted by molar-refractivity contribution is -0.113. The van der Waals surface area contributed by atoms with Crippen molar-refractivity contribution in [1.29, 1.82) is 0 Å². The summed E-state index contributed by atoms with van der Waals surface area (Å²) in [6.07, 6.45) is 0. The van der Waals surface area contributed by atoms with Gasteiger partial charge in [0, 0.05) is 23.1 Å². The van der Waals surface area contributed by atoms with Crippen molar-refractivity contribution in [2.45, 2.75) is 18.7 Å². The Labute approximate surface area is 189 Å². The van der Waals surface area contributed by atoms with E-state index in [4.69, 9.17) is 16.3 Å². The molecule has 6 nitrogen and oxygen atoms in total. The molecule has 0 fully saturated rings. The van der Waals surface area contributed by atoms with Crippen molar-refractivity contribution >= 4 is 45.7 Å². The molecule has 4 rings (SSSR count). The number of anilines is 1. The van der Waals surface area contributed by atoms with E-state index in [0.717, 1.165) is 22.0 Å². The number of thioether (sulfide) groups is 1. The molecule has 0 aliphatic heterocycles. The second-order valence-electron chi connectivity index (χ2n) is 7.02. The normalized spacial score (nSPS) is 10.9. The second-order valence-corrected chi connectivity index (χ2v) is 8.37. The summed E-state index contributed by atoms with van der Waals surface area (Å²) in [7, 11) is 1.86. The first-order chi connectivity index (χ1) is 15.0. The van der Waals surface area contributed by atoms with Crippen LogP contribution in [-0.4, -0.2) is 26.4 Å². The lowest BCUT2D eigenvalue weighted by Gasteiger charge is -2.09. The van der Waals surface area contributed by atoms with Gasteiger partial charge in [0.1, 0.15) is 12.4 Å². The molecule has 0 unspecified atom stereocenters. The summed E-state index contributed by atoms with van der Waals surface area (Å²) in [5.41, 5.74) is 1.75. The molecule has 8 heteroatoms. The number of carbonyl (C=O) groups excluding carboxylic acids is 1. The van der Waals surface area contributed by atoms with Gasteiger partial charge < -0.3 is 14.6 Å². The highest BCUT2D eigenvalue weighted by Crippen LogP contribution is 2.24. The zero-order chi connectivity index (χ0) is 21.8. The Hall–Kier alpha value is -3.03. The van der Waals surface area contributed by atoms with Crippen molar-refractivity contribution in [2.75, 3.05) is 11.1 Å². The first-order valence-electron chi connectivity index (χ1n) is 9.69. The predicted octanol–water partition coefficient (Wildman–Crippen LogP) is 5.24. The number of amides is 1. The predicted molar refractivity (Wildman–Crippen MR) is 125 cm³/mol. The van der Waals surface area contributed by atoms with Crippen LogP contribution in [0.25, 0.3) is 10.8 Å². The molecule has 0 aliphatic rings. The van der Waals surface area contributed by atoms with Crippen LogP contribution in [0.1, 0.15) is 11.4 Å². The number of carbonyl (C=O) groups is 1. The summed E-state index contributed by atoms with van der Waals surface area (Å²) in [5.74, 6) is 1.52. The van der Waals surface area contributed by atoms with Gasteiger partial charge >= 0.3 is 0 Å². The number of nitrogens with zero attached hydrogens (tertiary/aromatic N) is 3. The lowest BCUT2D eigenvalue weighted by Crippen LogP contribution is -2.14. The molecule has 3 aromatic carbocycles. The first kappa shape index (κ1) is 21.2. The lowest BCUT2D eigenvalue weighted by atomic mass is 10.1. The fourth-order valence-electron chi connectivity index (χ4n) is 3.10. The molecule has 0 radical (unpaired) electrons. The van der Waals surface area contributed by atoms with Gasteiger partial charge in [-0.25, -0.2) is 0 Å². The van der Waals surface area contributed by atoms with E-state index in [1.165, 1.54) is 11.8 Å². The van der Waals surface area contributed by atoms with E-state index in [1.807, 2.05) is 73.1 Å². The van der Waals surface area contributed by atoms with Crippen LogP contribution in [0.3, 0.4) is 0 Å². The molecule has 0 bridgehead atoms. The number of benzene rings is 3. The summed E-state index contributed by atoms with van der Waals surface area (Å²) in [5, 5.41) is 14.8. The van der Waals surface area contributed by atoms with Gasteiger partial charge in [-0.1, -0.05) is 59.8 Å². The Balaban J connectivity index is 1.35. The van der Waals surface area contributed by atoms with Crippen LogP contribution in [0.2, 0.25) is 5.02 Å². The highest BCUT2D eigenvalue weighted by atomic mass is 35.5. The molecule has 1 aromatic heterocycles. The Morgan fingerprint density at radius 3 is 2.77 bits per heavy atom. The number of hydrogen-bond acceptors (Lipinski definition) is 5. The van der Waals surface area contributed by atoms with Gasteiger partial charge in [-0.05, 0) is 42.1 Å². The number of ether oxygens (including phenoxy) is 1. The van der Waals surface area contributed by atoms with Crippen LogP contribution in [0.4, 0.5) is 5.69 Å². The maximum atomic E-state index is 12.5. The Bertz CT molecular complexity index is 1240. The minimum absolute atomic E-state index is 0.0983. The molecular formula is C23H21ClN4O2S. The molecular weight excluding hydrogens is 432 g/mol. The fraction of sp³-hybridized carbons (Fsp3) is 0.174. The first-order valence-corrected chi connectivity index (χ1v) is 11.1. The van der Waals surface area contributed by atoms with Gasteiger partial charge in [0.15, 0.2) is 11.0 Å². The Morgan fingerprint density at radius 1 is 1.13 bits per heavy atom. The number of fused-ring (bicyclic) bond motifs is 1. The van der Waals surface area contributed by atoms with Crippen molar-refractivity contribution in [1.82, 2.24) is 14.8 Å². The fourth-order valence-corrected chi connectivity index (χ4v) is 3.95. The van der Waals surface area contributed by atoms with Crippen molar-refractivity contribution < 1.29 is 9.53 Å². The second kappa shape index (κ2) is 9.41. The molecule has 0 spiro atoms. The highest BCUT2D eigenvalue weighted by Gasteiger charge is 2.13. The van der Waals surface area contributed by atoms with Crippen molar-refractivity contribution in [2.24, 2.45) is 7.05 Å². The smallest absolute Gasteiger partial charge is 0.234 e. The standard InChI is InChI=1S/C23H21ClN4O2S/c1-15-12-17(10-11-19(15)24)30-13-21-26-27-23(28(21)2)31-14-22(29)25-20-9-5-7-16-6-3-4-8-18(16)20/h3-12H,13-14H2,1-2H3,(H,25,29). The largest absolute Gasteiger partial charge is 0.486 e. The van der Waals surface area contributed by atoms with Crippen LogP contribution >= 0.6 is 23.4 Å². The van der Waals surface area contributed by atoms with Crippen LogP contribution in [0.15, 0.2) is 65.8 Å². The number of halogens is 1. The average molecular weight is 453 g/mol. The van der Waals surface area contributed by atoms with Crippen molar-refractivity contribution in [3.8, 4) is 5.75 Å². The Morgan fingerprint density at radius 2 is 1.94 bits per heavy atom. The summed E-state index contributed by atoms with van der Waals surface area (Å²) >= 11 is 7.38. The number of nitrogens with one attached hydrogen (secondary N) is 1. The molecule has 0 atom stereocenters. The highest BCUT2D eigenvalue weighted by molar-refractivity contribution is 7.99. The van der Waals surface area contributed by atoms with E-state index in [-0.39, 0.29) is 18.3 Å². The monoisotopic (exact) mass is 452 g/mol. The molecule has 1 heterocycles. The summed E-state index contributed by atoms with van der Waals surface area (Å²) in [4.78, 5) is 12.5. The zero-order valence-electron chi connectivity index (χ0n) is 17.1. The van der Waals surface area contributed by atoms with E-state index < -0.39 is 0 Å². The van der Waals surface area contributed by atoms with Gasteiger partial charge in [-0.2, -0.15) is 0 Å². The van der Waals surface area contributed by atoms with Gasteiger partial charge in [0.2, 0.25) is 5.91 Å². The number of aromatic nitrogens is 3. The third-order valence-electron chi connectivity index (χ3n) is 4.82. The van der Waals surface area contributed by atoms with Gasteiger partial charge in [0.05, 0.1) is 5.75 Å². The summed E-state index contributed by atoms with van der Waals surface area (Å²) in [6, 6.07) is 19.3. The van der Waals surface area contributed by atoms with E-state index in [9.17, 15) is 4.79 Å². The number of aryl methyl sites for hydroxylation is 1. The van der Waals surface area contributed by atoms with Gasteiger partial charge in [-0.3, -0.25) is 4.79 Å². The minimum atomic E-state index is -0.0983. The SMILES string of the molecule is Cc1cc(OCc2nnc(SCC(=O)Nc3cccc4ccccc34)n2C)ccc1Cl. The van der Waals surface area contributed by atoms with Gasteiger partial charge in [0.25, 0.3) is 0 Å². The number of rotatable bonds is 7. The number of hydrogen-bond donors (Lipinski definition) is 1. The van der Waals surface area contributed by atoms with E-state index in [2.05, 4.69) is 15.5 Å². The quantitative estimate of drug-likeness (QED) is 0.388. The molecule has 1 amide bonds. The van der Waals surface area contributed by atoms with E-state index in [1.54, 1.807) is 6.07 Å². The molecule has 4 aromatic rings. The average Bonchev–Trinajstić information content (AvgIpc) is 3.13. The van der Waals surface area contributed by atoms with E-state index >= 15 is 0 Å². The molecule has 0 aliphatic carbocycles. The third-order valence-corrected chi connectivity index (χ3v) is 6.26. The van der Waals surface area contributed by atoms with Crippen molar-refractivity contribution in [3.05, 3.63) is 77.1 Å². The van der Waals surface area contributed by atoms with Crippen LogP contribution < -0.4 is 10.1 Å². The zero-order valence-corrected chi connectivity index (χ0v) is 18.7.